The monoisotopic (exact) mass is 220 g/mol. The van der Waals surface area contributed by atoms with Crippen molar-refractivity contribution < 1.29 is 9.63 Å². The molecule has 0 aromatic carbocycles. The molecular formula is C10H12N4O2. The molecule has 2 aromatic heterocycles. The maximum absolute atomic E-state index is 8.86. The molecule has 1 atom stereocenters. The number of nitrogens with two attached hydrogens (primary N) is 1. The van der Waals surface area contributed by atoms with E-state index >= 15 is 0 Å². The lowest BCUT2D eigenvalue weighted by Gasteiger charge is -1.99. The van der Waals surface area contributed by atoms with Gasteiger partial charge >= 0.3 is 0 Å². The van der Waals surface area contributed by atoms with Gasteiger partial charge < -0.3 is 15.4 Å². The second kappa shape index (κ2) is 4.38. The van der Waals surface area contributed by atoms with Crippen LogP contribution in [0.15, 0.2) is 23.0 Å². The van der Waals surface area contributed by atoms with Crippen molar-refractivity contribution in [2.24, 2.45) is 5.73 Å². The standard InChI is InChI=1S/C10H12N4O2/c1-6-2-3-12-4-7(6)9-13-10(16-14-9)8(11)5-15/h2-4,8,15H,5,11H2,1H3. The van der Waals surface area contributed by atoms with E-state index in [1.165, 1.54) is 0 Å². The minimum atomic E-state index is -0.641. The fourth-order valence-electron chi connectivity index (χ4n) is 1.27. The number of hydrogen-bond acceptors (Lipinski definition) is 6. The van der Waals surface area contributed by atoms with Crippen LogP contribution in [0.25, 0.3) is 11.4 Å². The van der Waals surface area contributed by atoms with E-state index in [4.69, 9.17) is 15.4 Å². The van der Waals surface area contributed by atoms with Crippen molar-refractivity contribution in [2.75, 3.05) is 6.61 Å². The van der Waals surface area contributed by atoms with E-state index in [1.807, 2.05) is 13.0 Å². The first-order valence-corrected chi connectivity index (χ1v) is 4.83. The lowest BCUT2D eigenvalue weighted by molar-refractivity contribution is 0.237. The molecule has 6 nitrogen and oxygen atoms in total. The van der Waals surface area contributed by atoms with Gasteiger partial charge in [0.1, 0.15) is 6.04 Å². The van der Waals surface area contributed by atoms with Gasteiger partial charge in [-0.3, -0.25) is 4.98 Å². The number of pyridine rings is 1. The van der Waals surface area contributed by atoms with E-state index in [2.05, 4.69) is 15.1 Å². The zero-order valence-electron chi connectivity index (χ0n) is 8.79. The summed E-state index contributed by atoms with van der Waals surface area (Å²) in [5.41, 5.74) is 7.36. The van der Waals surface area contributed by atoms with Crippen molar-refractivity contribution in [2.45, 2.75) is 13.0 Å². The Labute approximate surface area is 92.1 Å². The molecule has 0 aliphatic carbocycles. The molecule has 0 radical (unpaired) electrons. The van der Waals surface area contributed by atoms with Crippen LogP contribution in [0, 0.1) is 6.92 Å². The predicted octanol–water partition coefficient (Wildman–Crippen LogP) is 0.432. The van der Waals surface area contributed by atoms with Gasteiger partial charge in [-0.25, -0.2) is 0 Å². The Morgan fingerprint density at radius 1 is 1.56 bits per heavy atom. The Kier molecular flexibility index (Phi) is 2.93. The Balaban J connectivity index is 2.35. The zero-order chi connectivity index (χ0) is 11.5. The number of nitrogens with zero attached hydrogens (tertiary/aromatic N) is 3. The molecule has 6 heteroatoms. The highest BCUT2D eigenvalue weighted by Gasteiger charge is 2.15. The van der Waals surface area contributed by atoms with Crippen molar-refractivity contribution in [3.8, 4) is 11.4 Å². The van der Waals surface area contributed by atoms with Gasteiger partial charge in [0.25, 0.3) is 0 Å². The maximum atomic E-state index is 8.86. The Bertz CT molecular complexity index is 483. The van der Waals surface area contributed by atoms with Gasteiger partial charge in [0, 0.05) is 18.0 Å². The fourth-order valence-corrected chi connectivity index (χ4v) is 1.27. The molecule has 0 saturated carbocycles. The molecule has 2 rings (SSSR count). The summed E-state index contributed by atoms with van der Waals surface area (Å²) in [6.07, 6.45) is 3.35. The van der Waals surface area contributed by atoms with Crippen molar-refractivity contribution in [3.05, 3.63) is 29.9 Å². The van der Waals surface area contributed by atoms with E-state index in [1.54, 1.807) is 12.4 Å². The van der Waals surface area contributed by atoms with Gasteiger partial charge in [0.15, 0.2) is 0 Å². The van der Waals surface area contributed by atoms with Crippen LogP contribution in [0.1, 0.15) is 17.5 Å². The minimum Gasteiger partial charge on any atom is -0.394 e. The number of aliphatic hydroxyl groups excluding tert-OH is 1. The molecular weight excluding hydrogens is 208 g/mol. The molecule has 3 N–H and O–H groups in total. The molecule has 1 unspecified atom stereocenters. The quantitative estimate of drug-likeness (QED) is 0.778. The number of hydrogen-bond donors (Lipinski definition) is 2. The van der Waals surface area contributed by atoms with E-state index < -0.39 is 6.04 Å². The van der Waals surface area contributed by atoms with Crippen molar-refractivity contribution >= 4 is 0 Å². The topological polar surface area (TPSA) is 98.1 Å². The van der Waals surface area contributed by atoms with Gasteiger partial charge in [-0.15, -0.1) is 0 Å². The lowest BCUT2D eigenvalue weighted by Crippen LogP contribution is -2.14. The molecule has 0 spiro atoms. The largest absolute Gasteiger partial charge is 0.394 e. The predicted molar refractivity (Wildman–Crippen MR) is 56.3 cm³/mol. The Morgan fingerprint density at radius 2 is 2.38 bits per heavy atom. The molecule has 2 aromatic rings. The van der Waals surface area contributed by atoms with Crippen LogP contribution in [0.5, 0.6) is 0 Å². The summed E-state index contributed by atoms with van der Waals surface area (Å²) < 4.78 is 4.95. The molecule has 0 fully saturated rings. The average molecular weight is 220 g/mol. The molecule has 0 aliphatic heterocycles. The van der Waals surface area contributed by atoms with Crippen LogP contribution in [0.4, 0.5) is 0 Å². The Morgan fingerprint density at radius 3 is 3.06 bits per heavy atom. The van der Waals surface area contributed by atoms with Gasteiger partial charge in [-0.2, -0.15) is 4.98 Å². The zero-order valence-corrected chi connectivity index (χ0v) is 8.79. The molecule has 0 aliphatic rings. The molecule has 2 heterocycles. The first kappa shape index (κ1) is 10.7. The number of aryl methyl sites for hydroxylation is 1. The summed E-state index contributed by atoms with van der Waals surface area (Å²) in [7, 11) is 0. The van der Waals surface area contributed by atoms with Crippen LogP contribution in [0.3, 0.4) is 0 Å². The highest BCUT2D eigenvalue weighted by Crippen LogP contribution is 2.20. The average Bonchev–Trinajstić information content (AvgIpc) is 2.78. The molecule has 84 valence electrons. The number of aromatic nitrogens is 3. The number of aliphatic hydroxyl groups is 1. The first-order chi connectivity index (χ1) is 7.72. The van der Waals surface area contributed by atoms with Gasteiger partial charge in [0.05, 0.1) is 6.61 Å². The Hall–Kier alpha value is -1.79. The van der Waals surface area contributed by atoms with E-state index in [0.29, 0.717) is 5.82 Å². The summed E-state index contributed by atoms with van der Waals surface area (Å²) in [5, 5.41) is 12.7. The lowest BCUT2D eigenvalue weighted by atomic mass is 10.1. The summed E-state index contributed by atoms with van der Waals surface area (Å²) >= 11 is 0. The third kappa shape index (κ3) is 1.93. The maximum Gasteiger partial charge on any atom is 0.246 e. The van der Waals surface area contributed by atoms with Crippen LogP contribution in [-0.4, -0.2) is 26.8 Å². The van der Waals surface area contributed by atoms with Crippen molar-refractivity contribution in [3.63, 3.8) is 0 Å². The summed E-state index contributed by atoms with van der Waals surface area (Å²) in [5.74, 6) is 0.658. The van der Waals surface area contributed by atoms with E-state index in [9.17, 15) is 0 Å². The van der Waals surface area contributed by atoms with Crippen molar-refractivity contribution in [1.82, 2.24) is 15.1 Å². The second-order valence-corrected chi connectivity index (χ2v) is 3.44. The molecule has 0 amide bonds. The molecule has 16 heavy (non-hydrogen) atoms. The van der Waals surface area contributed by atoms with E-state index in [-0.39, 0.29) is 12.5 Å². The van der Waals surface area contributed by atoms with Crippen LogP contribution in [-0.2, 0) is 0 Å². The highest BCUT2D eigenvalue weighted by atomic mass is 16.5. The fraction of sp³-hybridized carbons (Fsp3) is 0.300. The smallest absolute Gasteiger partial charge is 0.246 e. The molecule has 0 bridgehead atoms. The summed E-state index contributed by atoms with van der Waals surface area (Å²) in [4.78, 5) is 8.10. The highest BCUT2D eigenvalue weighted by molar-refractivity contribution is 5.57. The normalized spacial score (nSPS) is 12.7. The van der Waals surface area contributed by atoms with Crippen LogP contribution >= 0.6 is 0 Å². The van der Waals surface area contributed by atoms with Gasteiger partial charge in [-0.1, -0.05) is 5.16 Å². The third-order valence-corrected chi connectivity index (χ3v) is 2.24. The summed E-state index contributed by atoms with van der Waals surface area (Å²) in [6.45, 7) is 1.70. The van der Waals surface area contributed by atoms with E-state index in [0.717, 1.165) is 11.1 Å². The minimum absolute atomic E-state index is 0.223. The van der Waals surface area contributed by atoms with Crippen LogP contribution < -0.4 is 5.73 Å². The van der Waals surface area contributed by atoms with Gasteiger partial charge in [0.2, 0.25) is 11.7 Å². The van der Waals surface area contributed by atoms with Crippen molar-refractivity contribution in [1.29, 1.82) is 0 Å². The first-order valence-electron chi connectivity index (χ1n) is 4.83. The van der Waals surface area contributed by atoms with Gasteiger partial charge in [-0.05, 0) is 18.6 Å². The summed E-state index contributed by atoms with van der Waals surface area (Å²) in [6, 6.07) is 1.22. The molecule has 0 saturated heterocycles. The second-order valence-electron chi connectivity index (χ2n) is 3.44. The number of rotatable bonds is 3. The SMILES string of the molecule is Cc1ccncc1-c1noc(C(N)CO)n1. The van der Waals surface area contributed by atoms with Crippen LogP contribution in [0.2, 0.25) is 0 Å². The third-order valence-electron chi connectivity index (χ3n) is 2.24.